The molecular formula is C9H10N6S. The molecule has 1 aliphatic carbocycles. The molecule has 2 N–H and O–H groups in total. The van der Waals surface area contributed by atoms with Gasteiger partial charge in [0, 0.05) is 11.1 Å². The Bertz CT molecular complexity index is 506. The summed E-state index contributed by atoms with van der Waals surface area (Å²) in [6.07, 6.45) is 5.66. The van der Waals surface area contributed by atoms with Gasteiger partial charge in [-0.05, 0) is 41.1 Å². The second-order valence-electron chi connectivity index (χ2n) is 3.65. The van der Waals surface area contributed by atoms with E-state index in [0.29, 0.717) is 11.7 Å². The van der Waals surface area contributed by atoms with Crippen molar-refractivity contribution < 1.29 is 0 Å². The van der Waals surface area contributed by atoms with Crippen molar-refractivity contribution in [3.8, 4) is 0 Å². The van der Waals surface area contributed by atoms with Gasteiger partial charge in [0.1, 0.15) is 0 Å². The van der Waals surface area contributed by atoms with Crippen molar-refractivity contribution in [3.05, 3.63) is 18.5 Å². The lowest BCUT2D eigenvalue weighted by Gasteiger charge is -2.03. The summed E-state index contributed by atoms with van der Waals surface area (Å²) in [4.78, 5) is 4.88. The van der Waals surface area contributed by atoms with Gasteiger partial charge in [0.15, 0.2) is 0 Å². The quantitative estimate of drug-likeness (QED) is 0.857. The Hall–Kier alpha value is -1.63. The third-order valence-electron chi connectivity index (χ3n) is 2.37. The Kier molecular flexibility index (Phi) is 2.24. The highest BCUT2D eigenvalue weighted by Gasteiger charge is 2.28. The van der Waals surface area contributed by atoms with Crippen molar-refractivity contribution in [1.29, 1.82) is 0 Å². The minimum atomic E-state index is 0.473. The molecule has 0 radical (unpaired) electrons. The summed E-state index contributed by atoms with van der Waals surface area (Å²) in [5, 5.41) is 12.5. The molecular weight excluding hydrogens is 224 g/mol. The van der Waals surface area contributed by atoms with Crippen LogP contribution >= 0.6 is 11.8 Å². The summed E-state index contributed by atoms with van der Waals surface area (Å²) in [7, 11) is 0. The summed E-state index contributed by atoms with van der Waals surface area (Å²) >= 11 is 1.48. The number of nitrogens with zero attached hydrogens (tertiary/aromatic N) is 5. The first kappa shape index (κ1) is 9.59. The smallest absolute Gasteiger partial charge is 0.214 e. The number of hydrogen-bond donors (Lipinski definition) is 1. The summed E-state index contributed by atoms with van der Waals surface area (Å²) in [5.74, 6) is 0. The van der Waals surface area contributed by atoms with E-state index in [2.05, 4.69) is 20.5 Å². The standard InChI is InChI=1S/C9H10N6S/c10-7-5-11-4-3-8(7)16-9-12-13-14-15(9)6-1-2-6/h3-6H,1-2,10H2. The van der Waals surface area contributed by atoms with Crippen molar-refractivity contribution in [1.82, 2.24) is 25.2 Å². The fourth-order valence-corrected chi connectivity index (χ4v) is 2.24. The van der Waals surface area contributed by atoms with Gasteiger partial charge in [-0.1, -0.05) is 0 Å². The maximum Gasteiger partial charge on any atom is 0.214 e. The Morgan fingerprint density at radius 1 is 1.44 bits per heavy atom. The Morgan fingerprint density at radius 3 is 3.06 bits per heavy atom. The van der Waals surface area contributed by atoms with E-state index in [4.69, 9.17) is 5.73 Å². The van der Waals surface area contributed by atoms with E-state index in [1.54, 1.807) is 12.4 Å². The summed E-state index contributed by atoms with van der Waals surface area (Å²) < 4.78 is 1.87. The van der Waals surface area contributed by atoms with Crippen molar-refractivity contribution in [2.24, 2.45) is 0 Å². The van der Waals surface area contributed by atoms with Crippen LogP contribution in [0.5, 0.6) is 0 Å². The number of anilines is 1. The largest absolute Gasteiger partial charge is 0.397 e. The van der Waals surface area contributed by atoms with Gasteiger partial charge in [0.25, 0.3) is 0 Å². The van der Waals surface area contributed by atoms with Crippen LogP contribution in [0, 0.1) is 0 Å². The van der Waals surface area contributed by atoms with Crippen molar-refractivity contribution in [2.45, 2.75) is 28.9 Å². The normalized spacial score (nSPS) is 15.2. The first-order chi connectivity index (χ1) is 7.84. The minimum absolute atomic E-state index is 0.473. The van der Waals surface area contributed by atoms with Gasteiger partial charge in [-0.3, -0.25) is 4.98 Å². The fourth-order valence-electron chi connectivity index (χ4n) is 1.39. The molecule has 0 aliphatic heterocycles. The van der Waals surface area contributed by atoms with E-state index in [1.807, 2.05) is 10.7 Å². The molecule has 82 valence electrons. The van der Waals surface area contributed by atoms with E-state index in [0.717, 1.165) is 22.9 Å². The van der Waals surface area contributed by atoms with Crippen LogP contribution < -0.4 is 5.73 Å². The number of pyridine rings is 1. The number of hydrogen-bond acceptors (Lipinski definition) is 6. The van der Waals surface area contributed by atoms with Gasteiger partial charge >= 0.3 is 0 Å². The Balaban J connectivity index is 1.88. The maximum absolute atomic E-state index is 5.82. The molecule has 3 rings (SSSR count). The molecule has 0 spiro atoms. The fraction of sp³-hybridized carbons (Fsp3) is 0.333. The van der Waals surface area contributed by atoms with E-state index < -0.39 is 0 Å². The van der Waals surface area contributed by atoms with Crippen LogP contribution in [0.2, 0.25) is 0 Å². The number of nitrogen functional groups attached to an aromatic ring is 1. The molecule has 6 nitrogen and oxygen atoms in total. The maximum atomic E-state index is 5.82. The molecule has 7 heteroatoms. The summed E-state index contributed by atoms with van der Waals surface area (Å²) in [5.41, 5.74) is 6.47. The molecule has 0 atom stereocenters. The van der Waals surface area contributed by atoms with E-state index in [-0.39, 0.29) is 0 Å². The molecule has 0 aromatic carbocycles. The molecule has 2 aromatic rings. The zero-order valence-corrected chi connectivity index (χ0v) is 9.26. The molecule has 1 saturated carbocycles. The molecule has 0 amide bonds. The molecule has 0 unspecified atom stereocenters. The third-order valence-corrected chi connectivity index (χ3v) is 3.41. The van der Waals surface area contributed by atoms with Gasteiger partial charge in [0.05, 0.1) is 17.9 Å². The lowest BCUT2D eigenvalue weighted by molar-refractivity contribution is 0.565. The monoisotopic (exact) mass is 234 g/mol. The van der Waals surface area contributed by atoms with Crippen molar-refractivity contribution in [3.63, 3.8) is 0 Å². The van der Waals surface area contributed by atoms with Crippen LogP contribution in [0.25, 0.3) is 0 Å². The minimum Gasteiger partial charge on any atom is -0.397 e. The predicted molar refractivity (Wildman–Crippen MR) is 58.9 cm³/mol. The molecule has 2 aromatic heterocycles. The van der Waals surface area contributed by atoms with Crippen LogP contribution in [-0.2, 0) is 0 Å². The highest BCUT2D eigenvalue weighted by molar-refractivity contribution is 7.99. The summed E-state index contributed by atoms with van der Waals surface area (Å²) in [6.45, 7) is 0. The van der Waals surface area contributed by atoms with Crippen LogP contribution in [0.4, 0.5) is 5.69 Å². The number of tetrazole rings is 1. The second kappa shape index (κ2) is 3.75. The zero-order valence-electron chi connectivity index (χ0n) is 8.45. The van der Waals surface area contributed by atoms with Crippen LogP contribution in [0.1, 0.15) is 18.9 Å². The topological polar surface area (TPSA) is 82.5 Å². The average molecular weight is 234 g/mol. The molecule has 2 heterocycles. The predicted octanol–water partition coefficient (Wildman–Crippen LogP) is 1.14. The first-order valence-corrected chi connectivity index (χ1v) is 5.81. The van der Waals surface area contributed by atoms with Gasteiger partial charge < -0.3 is 5.73 Å². The highest BCUT2D eigenvalue weighted by atomic mass is 32.2. The molecule has 0 bridgehead atoms. The second-order valence-corrected chi connectivity index (χ2v) is 4.66. The average Bonchev–Trinajstić information content (AvgIpc) is 3.03. The first-order valence-electron chi connectivity index (χ1n) is 5.00. The van der Waals surface area contributed by atoms with Gasteiger partial charge in [-0.25, -0.2) is 4.68 Å². The van der Waals surface area contributed by atoms with Crippen LogP contribution in [-0.4, -0.2) is 25.2 Å². The lowest BCUT2D eigenvalue weighted by atomic mass is 10.4. The van der Waals surface area contributed by atoms with Gasteiger partial charge in [0.2, 0.25) is 5.16 Å². The van der Waals surface area contributed by atoms with E-state index in [1.165, 1.54) is 11.8 Å². The van der Waals surface area contributed by atoms with Crippen molar-refractivity contribution >= 4 is 17.4 Å². The Morgan fingerprint density at radius 2 is 2.31 bits per heavy atom. The highest BCUT2D eigenvalue weighted by Crippen LogP contribution is 2.38. The van der Waals surface area contributed by atoms with Gasteiger partial charge in [-0.2, -0.15) is 0 Å². The lowest BCUT2D eigenvalue weighted by Crippen LogP contribution is -1.99. The molecule has 1 fully saturated rings. The van der Waals surface area contributed by atoms with Crippen LogP contribution in [0.15, 0.2) is 28.5 Å². The number of aromatic nitrogens is 5. The van der Waals surface area contributed by atoms with Crippen LogP contribution in [0.3, 0.4) is 0 Å². The summed E-state index contributed by atoms with van der Waals surface area (Å²) in [6, 6.07) is 2.34. The van der Waals surface area contributed by atoms with Gasteiger partial charge in [-0.15, -0.1) is 5.10 Å². The van der Waals surface area contributed by atoms with Crippen molar-refractivity contribution in [2.75, 3.05) is 5.73 Å². The molecule has 0 saturated heterocycles. The SMILES string of the molecule is Nc1cnccc1Sc1nnnn1C1CC1. The Labute approximate surface area is 96.2 Å². The van der Waals surface area contributed by atoms with E-state index in [9.17, 15) is 0 Å². The van der Waals surface area contributed by atoms with E-state index >= 15 is 0 Å². The number of nitrogens with two attached hydrogens (primary N) is 1. The third kappa shape index (κ3) is 1.73. The molecule has 1 aliphatic rings. The zero-order chi connectivity index (χ0) is 11.0. The molecule has 16 heavy (non-hydrogen) atoms. The number of rotatable bonds is 3.